The lowest BCUT2D eigenvalue weighted by atomic mass is 9.96. The molecule has 0 amide bonds. The van der Waals surface area contributed by atoms with Gasteiger partial charge in [-0.3, -0.25) is 14.3 Å². The molecule has 2 aromatic rings. The topological polar surface area (TPSA) is 74.5 Å². The van der Waals surface area contributed by atoms with Crippen molar-refractivity contribution in [2.75, 3.05) is 31.1 Å². The van der Waals surface area contributed by atoms with Crippen LogP contribution in [0, 0.1) is 19.4 Å². The molecule has 5 rings (SSSR count). The van der Waals surface area contributed by atoms with E-state index >= 15 is 0 Å². The fourth-order valence-corrected chi connectivity index (χ4v) is 5.19. The zero-order valence-electron chi connectivity index (χ0n) is 16.8. The standard InChI is InChI=1S/C22H27N5O2/c1-14-18(26-12-7-15(13-26)22(8-9-22)24-11-10-23-2)6-5-17-19(14)27(16-3-4-16)21(29)25-20(17)28/h5-6,15-16,24H,3-4,7-13H2,1H3,(H,25,28,29). The number of nitrogens with one attached hydrogen (secondary N) is 2. The lowest BCUT2D eigenvalue weighted by Gasteiger charge is -2.26. The third-order valence-corrected chi connectivity index (χ3v) is 7.04. The SMILES string of the molecule is [C-]#[N+]CCNC1(C2CCN(c3ccc4c(=O)[nH]c(=O)n(C5CC5)c4c3C)C2)CC1. The van der Waals surface area contributed by atoms with Crippen LogP contribution in [-0.4, -0.2) is 41.3 Å². The van der Waals surface area contributed by atoms with Gasteiger partial charge in [0.15, 0.2) is 0 Å². The van der Waals surface area contributed by atoms with Crippen molar-refractivity contribution in [2.45, 2.75) is 50.6 Å². The minimum Gasteiger partial charge on any atom is -0.371 e. The molecule has 3 fully saturated rings. The molecule has 0 spiro atoms. The number of H-pyrrole nitrogens is 1. The molecule has 2 saturated carbocycles. The van der Waals surface area contributed by atoms with E-state index in [9.17, 15) is 9.59 Å². The van der Waals surface area contributed by atoms with E-state index in [4.69, 9.17) is 6.57 Å². The van der Waals surface area contributed by atoms with Crippen molar-refractivity contribution in [1.82, 2.24) is 14.9 Å². The molecule has 1 aliphatic heterocycles. The third kappa shape index (κ3) is 3.06. The highest BCUT2D eigenvalue weighted by molar-refractivity contribution is 5.86. The second kappa shape index (κ2) is 6.74. The normalized spacial score (nSPS) is 22.8. The fourth-order valence-electron chi connectivity index (χ4n) is 5.19. The van der Waals surface area contributed by atoms with Crippen LogP contribution < -0.4 is 21.5 Å². The van der Waals surface area contributed by atoms with Crippen molar-refractivity contribution in [3.8, 4) is 0 Å². The molecule has 3 aliphatic rings. The summed E-state index contributed by atoms with van der Waals surface area (Å²) >= 11 is 0. The van der Waals surface area contributed by atoms with E-state index in [0.717, 1.165) is 55.7 Å². The van der Waals surface area contributed by atoms with Crippen molar-refractivity contribution in [1.29, 1.82) is 0 Å². The van der Waals surface area contributed by atoms with Gasteiger partial charge in [0.25, 0.3) is 5.56 Å². The van der Waals surface area contributed by atoms with Crippen molar-refractivity contribution in [3.05, 3.63) is 50.0 Å². The second-order valence-corrected chi connectivity index (χ2v) is 8.86. The minimum atomic E-state index is -0.295. The van der Waals surface area contributed by atoms with Gasteiger partial charge >= 0.3 is 5.69 Å². The van der Waals surface area contributed by atoms with Crippen LogP contribution in [0.4, 0.5) is 5.69 Å². The maximum absolute atomic E-state index is 12.5. The smallest absolute Gasteiger partial charge is 0.329 e. The molecular formula is C22H27N5O2. The Morgan fingerprint density at radius 1 is 1.28 bits per heavy atom. The number of hydrogen-bond acceptors (Lipinski definition) is 4. The summed E-state index contributed by atoms with van der Waals surface area (Å²) in [4.78, 5) is 33.2. The minimum absolute atomic E-state index is 0.206. The predicted molar refractivity (Wildman–Crippen MR) is 114 cm³/mol. The van der Waals surface area contributed by atoms with Crippen LogP contribution in [-0.2, 0) is 0 Å². The summed E-state index contributed by atoms with van der Waals surface area (Å²) < 4.78 is 1.80. The first kappa shape index (κ1) is 18.4. The lowest BCUT2D eigenvalue weighted by molar-refractivity contribution is 0.363. The number of hydrogen-bond donors (Lipinski definition) is 2. The van der Waals surface area contributed by atoms with Crippen LogP contribution in [0.2, 0.25) is 0 Å². The summed E-state index contributed by atoms with van der Waals surface area (Å²) in [5, 5.41) is 4.25. The maximum atomic E-state index is 12.5. The Labute approximate surface area is 169 Å². The third-order valence-electron chi connectivity index (χ3n) is 7.04. The monoisotopic (exact) mass is 393 g/mol. The largest absolute Gasteiger partial charge is 0.371 e. The summed E-state index contributed by atoms with van der Waals surface area (Å²) in [6.07, 6.45) is 5.51. The number of fused-ring (bicyclic) bond motifs is 1. The van der Waals surface area contributed by atoms with Gasteiger partial charge in [-0.15, -0.1) is 0 Å². The van der Waals surface area contributed by atoms with Crippen molar-refractivity contribution < 1.29 is 0 Å². The summed E-state index contributed by atoms with van der Waals surface area (Å²) in [6, 6.07) is 4.13. The quantitative estimate of drug-likeness (QED) is 0.583. The van der Waals surface area contributed by atoms with Crippen LogP contribution in [0.15, 0.2) is 21.7 Å². The van der Waals surface area contributed by atoms with Crippen LogP contribution in [0.5, 0.6) is 0 Å². The zero-order valence-corrected chi connectivity index (χ0v) is 16.8. The average molecular weight is 393 g/mol. The van der Waals surface area contributed by atoms with E-state index < -0.39 is 0 Å². The molecule has 0 bridgehead atoms. The Morgan fingerprint density at radius 2 is 2.07 bits per heavy atom. The Morgan fingerprint density at radius 3 is 2.76 bits per heavy atom. The molecule has 1 atom stereocenters. The molecule has 1 unspecified atom stereocenters. The summed E-state index contributed by atoms with van der Waals surface area (Å²) in [5.41, 5.74) is 2.60. The fraction of sp³-hybridized carbons (Fsp3) is 0.591. The molecule has 2 aliphatic carbocycles. The first-order chi connectivity index (χ1) is 14.0. The molecule has 2 N–H and O–H groups in total. The number of aromatic amines is 1. The van der Waals surface area contributed by atoms with E-state index in [-0.39, 0.29) is 22.8 Å². The molecule has 0 radical (unpaired) electrons. The molecule has 1 aromatic carbocycles. The van der Waals surface area contributed by atoms with Crippen molar-refractivity contribution in [2.24, 2.45) is 5.92 Å². The van der Waals surface area contributed by atoms with Crippen molar-refractivity contribution >= 4 is 16.6 Å². The van der Waals surface area contributed by atoms with Crippen LogP contribution in [0.3, 0.4) is 0 Å². The molecule has 7 nitrogen and oxygen atoms in total. The number of nitrogens with zero attached hydrogens (tertiary/aromatic N) is 3. The molecule has 7 heteroatoms. The van der Waals surface area contributed by atoms with Crippen molar-refractivity contribution in [3.63, 3.8) is 0 Å². The first-order valence-electron chi connectivity index (χ1n) is 10.7. The van der Waals surface area contributed by atoms with E-state index in [2.05, 4.69) is 20.0 Å². The summed E-state index contributed by atoms with van der Waals surface area (Å²) in [6.45, 7) is 12.3. The lowest BCUT2D eigenvalue weighted by Crippen LogP contribution is -2.41. The summed E-state index contributed by atoms with van der Waals surface area (Å²) in [5.74, 6) is 0.577. The van der Waals surface area contributed by atoms with Gasteiger partial charge in [-0.2, -0.15) is 0 Å². The predicted octanol–water partition coefficient (Wildman–Crippen LogP) is 2.20. The molecule has 152 valence electrons. The average Bonchev–Trinajstić information content (AvgIpc) is 3.63. The highest BCUT2D eigenvalue weighted by Gasteiger charge is 2.51. The van der Waals surface area contributed by atoms with Gasteiger partial charge in [-0.1, -0.05) is 0 Å². The van der Waals surface area contributed by atoms with Gasteiger partial charge < -0.3 is 15.1 Å². The van der Waals surface area contributed by atoms with E-state index in [1.54, 1.807) is 4.57 Å². The Bertz CT molecular complexity index is 1120. The summed E-state index contributed by atoms with van der Waals surface area (Å²) in [7, 11) is 0. The molecule has 29 heavy (non-hydrogen) atoms. The van der Waals surface area contributed by atoms with E-state index in [1.165, 1.54) is 12.8 Å². The Hall–Kier alpha value is -2.59. The molecule has 1 aromatic heterocycles. The second-order valence-electron chi connectivity index (χ2n) is 8.86. The molecule has 1 saturated heterocycles. The van der Waals surface area contributed by atoms with Gasteiger partial charge in [0.1, 0.15) is 0 Å². The van der Waals surface area contributed by atoms with Crippen LogP contribution in [0.25, 0.3) is 15.7 Å². The number of benzene rings is 1. The van der Waals surface area contributed by atoms with Crippen LogP contribution >= 0.6 is 0 Å². The van der Waals surface area contributed by atoms with Gasteiger partial charge in [-0.25, -0.2) is 11.4 Å². The van der Waals surface area contributed by atoms with Gasteiger partial charge in [-0.05, 0) is 62.6 Å². The Balaban J connectivity index is 1.47. The highest BCUT2D eigenvalue weighted by atomic mass is 16.2. The Kier molecular flexibility index (Phi) is 4.28. The highest BCUT2D eigenvalue weighted by Crippen LogP contribution is 2.47. The number of rotatable bonds is 6. The zero-order chi connectivity index (χ0) is 20.2. The van der Waals surface area contributed by atoms with Crippen LogP contribution in [0.1, 0.15) is 43.7 Å². The molecular weight excluding hydrogens is 366 g/mol. The molecule has 2 heterocycles. The van der Waals surface area contributed by atoms with Gasteiger partial charge in [0.2, 0.25) is 6.54 Å². The number of aromatic nitrogens is 2. The van der Waals surface area contributed by atoms with Gasteiger partial charge in [0, 0.05) is 30.4 Å². The first-order valence-corrected chi connectivity index (χ1v) is 10.7. The van der Waals surface area contributed by atoms with E-state index in [0.29, 0.717) is 17.8 Å². The van der Waals surface area contributed by atoms with Gasteiger partial charge in [0.05, 0.1) is 17.4 Å². The maximum Gasteiger partial charge on any atom is 0.329 e. The van der Waals surface area contributed by atoms with E-state index in [1.807, 2.05) is 19.1 Å². The number of aryl methyl sites for hydroxylation is 1. The number of anilines is 1.